The van der Waals surface area contributed by atoms with Crippen LogP contribution in [0.3, 0.4) is 0 Å². The summed E-state index contributed by atoms with van der Waals surface area (Å²) in [6, 6.07) is 5.80. The molecule has 21 heavy (non-hydrogen) atoms. The van der Waals surface area contributed by atoms with Crippen LogP contribution in [0.2, 0.25) is 0 Å². The van der Waals surface area contributed by atoms with Gasteiger partial charge in [-0.1, -0.05) is 0 Å². The molecule has 0 bridgehead atoms. The number of hydrogen-bond donors (Lipinski definition) is 1. The molecule has 0 aliphatic carbocycles. The van der Waals surface area contributed by atoms with Crippen LogP contribution in [-0.2, 0) is 6.18 Å². The second-order valence-corrected chi connectivity index (χ2v) is 4.27. The predicted molar refractivity (Wildman–Crippen MR) is 69.0 cm³/mol. The van der Waals surface area contributed by atoms with Crippen molar-refractivity contribution in [2.24, 2.45) is 0 Å². The van der Waals surface area contributed by atoms with E-state index in [1.165, 1.54) is 31.4 Å². The molecule has 1 aromatic carbocycles. The van der Waals surface area contributed by atoms with Gasteiger partial charge in [0.1, 0.15) is 11.4 Å². The first-order valence-electron chi connectivity index (χ1n) is 5.83. The van der Waals surface area contributed by atoms with Gasteiger partial charge in [0.2, 0.25) is 0 Å². The molecule has 0 saturated carbocycles. The Morgan fingerprint density at radius 3 is 2.19 bits per heavy atom. The van der Waals surface area contributed by atoms with E-state index in [9.17, 15) is 22.8 Å². The zero-order valence-corrected chi connectivity index (χ0v) is 11.1. The Hall–Kier alpha value is -2.51. The van der Waals surface area contributed by atoms with Crippen molar-refractivity contribution in [1.29, 1.82) is 0 Å². The standard InChI is InChI=1S/C13H11F3N2O3/c1-7-10(13(14,15)16)17-12(20)18(11(7)19)8-3-5-9(21-2)6-4-8/h3-6H,1-2H3,(H,17,20). The predicted octanol–water partition coefficient (Wildman–Crippen LogP) is 1.86. The lowest BCUT2D eigenvalue weighted by molar-refractivity contribution is -0.142. The normalized spacial score (nSPS) is 11.5. The van der Waals surface area contributed by atoms with Crippen LogP contribution in [0.25, 0.3) is 5.69 Å². The fourth-order valence-electron chi connectivity index (χ4n) is 1.87. The van der Waals surface area contributed by atoms with Crippen LogP contribution in [0.1, 0.15) is 11.3 Å². The number of rotatable bonds is 2. The summed E-state index contributed by atoms with van der Waals surface area (Å²) in [5, 5.41) is 0. The van der Waals surface area contributed by atoms with Crippen molar-refractivity contribution in [3.8, 4) is 11.4 Å². The van der Waals surface area contributed by atoms with Gasteiger partial charge in [0.05, 0.1) is 12.8 Å². The smallest absolute Gasteiger partial charge is 0.431 e. The molecular formula is C13H11F3N2O3. The van der Waals surface area contributed by atoms with Crippen molar-refractivity contribution >= 4 is 0 Å². The summed E-state index contributed by atoms with van der Waals surface area (Å²) in [7, 11) is 1.44. The fourth-order valence-corrected chi connectivity index (χ4v) is 1.87. The molecule has 0 spiro atoms. The second kappa shape index (κ2) is 5.12. The number of benzene rings is 1. The molecule has 5 nitrogen and oxygen atoms in total. The molecule has 0 aliphatic heterocycles. The lowest BCUT2D eigenvalue weighted by atomic mass is 10.2. The first-order valence-corrected chi connectivity index (χ1v) is 5.83. The minimum absolute atomic E-state index is 0.152. The molecule has 0 amide bonds. The molecule has 8 heteroatoms. The van der Waals surface area contributed by atoms with E-state index in [0.717, 1.165) is 6.92 Å². The van der Waals surface area contributed by atoms with E-state index in [1.54, 1.807) is 4.98 Å². The number of alkyl halides is 3. The van der Waals surface area contributed by atoms with Crippen LogP contribution in [0.15, 0.2) is 33.9 Å². The van der Waals surface area contributed by atoms with Gasteiger partial charge in [-0.25, -0.2) is 9.36 Å². The molecule has 0 saturated heterocycles. The Balaban J connectivity index is 2.68. The molecule has 112 valence electrons. The Morgan fingerprint density at radius 2 is 1.71 bits per heavy atom. The number of methoxy groups -OCH3 is 1. The van der Waals surface area contributed by atoms with Crippen LogP contribution < -0.4 is 16.0 Å². The lowest BCUT2D eigenvalue weighted by Gasteiger charge is -2.12. The molecule has 0 unspecified atom stereocenters. The lowest BCUT2D eigenvalue weighted by Crippen LogP contribution is -2.38. The number of H-pyrrole nitrogens is 1. The SMILES string of the molecule is COc1ccc(-n2c(=O)[nH]c(C(F)(F)F)c(C)c2=O)cc1. The molecule has 1 N–H and O–H groups in total. The van der Waals surface area contributed by atoms with Crippen LogP contribution in [-0.4, -0.2) is 16.7 Å². The van der Waals surface area contributed by atoms with Gasteiger partial charge >= 0.3 is 11.9 Å². The average molecular weight is 300 g/mol. The third-order valence-corrected chi connectivity index (χ3v) is 2.95. The monoisotopic (exact) mass is 300 g/mol. The molecule has 2 aromatic rings. The van der Waals surface area contributed by atoms with Crippen molar-refractivity contribution in [2.45, 2.75) is 13.1 Å². The Bertz CT molecular complexity index is 773. The van der Waals surface area contributed by atoms with Crippen LogP contribution in [0, 0.1) is 6.92 Å². The number of ether oxygens (including phenoxy) is 1. The summed E-state index contributed by atoms with van der Waals surface area (Å²) in [5.41, 5.74) is -3.92. The second-order valence-electron chi connectivity index (χ2n) is 4.27. The minimum Gasteiger partial charge on any atom is -0.497 e. The highest BCUT2D eigenvalue weighted by molar-refractivity contribution is 5.38. The van der Waals surface area contributed by atoms with Gasteiger partial charge in [0, 0.05) is 5.56 Å². The molecule has 1 heterocycles. The van der Waals surface area contributed by atoms with Gasteiger partial charge in [0.25, 0.3) is 5.56 Å². The van der Waals surface area contributed by atoms with Crippen molar-refractivity contribution < 1.29 is 17.9 Å². The largest absolute Gasteiger partial charge is 0.497 e. The van der Waals surface area contributed by atoms with Gasteiger partial charge < -0.3 is 9.72 Å². The number of nitrogens with one attached hydrogen (secondary N) is 1. The Kier molecular flexibility index (Phi) is 3.63. The van der Waals surface area contributed by atoms with Crippen LogP contribution in [0.5, 0.6) is 5.75 Å². The summed E-state index contributed by atoms with van der Waals surface area (Å²) in [6.45, 7) is 1.01. The van der Waals surface area contributed by atoms with Crippen LogP contribution in [0.4, 0.5) is 13.2 Å². The fraction of sp³-hybridized carbons (Fsp3) is 0.231. The summed E-state index contributed by atoms with van der Waals surface area (Å²) in [4.78, 5) is 25.5. The average Bonchev–Trinajstić information content (AvgIpc) is 2.42. The molecular weight excluding hydrogens is 289 g/mol. The Labute approximate surface area is 116 Å². The number of nitrogens with zero attached hydrogens (tertiary/aromatic N) is 1. The summed E-state index contributed by atoms with van der Waals surface area (Å²) < 4.78 is 43.7. The molecule has 0 atom stereocenters. The van der Waals surface area contributed by atoms with E-state index < -0.39 is 28.7 Å². The first kappa shape index (κ1) is 14.9. The highest BCUT2D eigenvalue weighted by Gasteiger charge is 2.35. The molecule has 1 aromatic heterocycles. The van der Waals surface area contributed by atoms with E-state index in [2.05, 4.69) is 0 Å². The van der Waals surface area contributed by atoms with E-state index >= 15 is 0 Å². The minimum atomic E-state index is -4.79. The molecule has 0 fully saturated rings. The van der Waals surface area contributed by atoms with Crippen molar-refractivity contribution in [3.05, 3.63) is 56.4 Å². The van der Waals surface area contributed by atoms with E-state index in [0.29, 0.717) is 10.3 Å². The van der Waals surface area contributed by atoms with E-state index in [4.69, 9.17) is 4.74 Å². The van der Waals surface area contributed by atoms with Crippen LogP contribution >= 0.6 is 0 Å². The summed E-state index contributed by atoms with van der Waals surface area (Å²) >= 11 is 0. The van der Waals surface area contributed by atoms with Gasteiger partial charge in [-0.15, -0.1) is 0 Å². The number of aromatic nitrogens is 2. The van der Waals surface area contributed by atoms with E-state index in [-0.39, 0.29) is 5.69 Å². The summed E-state index contributed by atoms with van der Waals surface area (Å²) in [6.07, 6.45) is -4.79. The zero-order chi connectivity index (χ0) is 15.8. The highest BCUT2D eigenvalue weighted by Crippen LogP contribution is 2.28. The van der Waals surface area contributed by atoms with Gasteiger partial charge in [-0.2, -0.15) is 13.2 Å². The van der Waals surface area contributed by atoms with Crippen molar-refractivity contribution in [1.82, 2.24) is 9.55 Å². The Morgan fingerprint density at radius 1 is 1.14 bits per heavy atom. The maximum absolute atomic E-state index is 12.7. The van der Waals surface area contributed by atoms with Gasteiger partial charge in [0.15, 0.2) is 0 Å². The summed E-state index contributed by atoms with van der Waals surface area (Å²) in [5.74, 6) is 0.492. The topological polar surface area (TPSA) is 64.1 Å². The van der Waals surface area contributed by atoms with E-state index in [1.807, 2.05) is 0 Å². The third kappa shape index (κ3) is 2.69. The van der Waals surface area contributed by atoms with Gasteiger partial charge in [-0.3, -0.25) is 4.79 Å². The first-order chi connectivity index (χ1) is 9.75. The molecule has 0 radical (unpaired) electrons. The van der Waals surface area contributed by atoms with Crippen molar-refractivity contribution in [3.63, 3.8) is 0 Å². The zero-order valence-electron chi connectivity index (χ0n) is 11.1. The number of hydrogen-bond acceptors (Lipinski definition) is 3. The third-order valence-electron chi connectivity index (χ3n) is 2.95. The quantitative estimate of drug-likeness (QED) is 0.920. The van der Waals surface area contributed by atoms with Crippen molar-refractivity contribution in [2.75, 3.05) is 7.11 Å². The molecule has 2 rings (SSSR count). The molecule has 0 aliphatic rings. The number of halogens is 3. The van der Waals surface area contributed by atoms with Gasteiger partial charge in [-0.05, 0) is 31.2 Å². The highest BCUT2D eigenvalue weighted by atomic mass is 19.4. The maximum Gasteiger partial charge on any atom is 0.431 e. The number of aromatic amines is 1. The maximum atomic E-state index is 12.7.